The van der Waals surface area contributed by atoms with Crippen LogP contribution in [-0.2, 0) is 7.05 Å². The fourth-order valence-corrected chi connectivity index (χ4v) is 4.05. The quantitative estimate of drug-likeness (QED) is 0.221. The minimum Gasteiger partial charge on any atom is -0.293 e. The molecule has 140 valence electrons. The van der Waals surface area contributed by atoms with Crippen LogP contribution in [0.3, 0.4) is 0 Å². The summed E-state index contributed by atoms with van der Waals surface area (Å²) >= 11 is 1.22. The predicted octanol–water partition coefficient (Wildman–Crippen LogP) is 4.59. The molecule has 1 heterocycles. The molecule has 0 aliphatic heterocycles. The van der Waals surface area contributed by atoms with Crippen molar-refractivity contribution in [3.8, 4) is 0 Å². The molecule has 0 amide bonds. The van der Waals surface area contributed by atoms with Crippen LogP contribution in [0.15, 0.2) is 70.6 Å². The van der Waals surface area contributed by atoms with Crippen LogP contribution in [0.4, 0.5) is 4.39 Å². The predicted molar refractivity (Wildman–Crippen MR) is 111 cm³/mol. The Kier molecular flexibility index (Phi) is 4.73. The lowest BCUT2D eigenvalue weighted by Crippen LogP contribution is -2.22. The summed E-state index contributed by atoms with van der Waals surface area (Å²) < 4.78 is 14.6. The minimum atomic E-state index is -0.471. The van der Waals surface area contributed by atoms with E-state index in [9.17, 15) is 14.0 Å². The monoisotopic (exact) mass is 392 g/mol. The van der Waals surface area contributed by atoms with Crippen LogP contribution < -0.4 is 5.56 Å². The van der Waals surface area contributed by atoms with Crippen molar-refractivity contribution in [1.29, 1.82) is 0 Å². The largest absolute Gasteiger partial charge is 0.293 e. The highest BCUT2D eigenvalue weighted by atomic mass is 32.2. The summed E-state index contributed by atoms with van der Waals surface area (Å²) in [5, 5.41) is 2.52. The lowest BCUT2D eigenvalue weighted by atomic mass is 10.1. The van der Waals surface area contributed by atoms with E-state index >= 15 is 0 Å². The minimum absolute atomic E-state index is 0.141. The van der Waals surface area contributed by atoms with Gasteiger partial charge in [0.1, 0.15) is 5.82 Å². The fourth-order valence-electron chi connectivity index (χ4n) is 3.10. The SMILES string of the molecule is C[C@@H](Sc1nc2cc3ccccc3cc2c(=O)n1C)C(=O)c1ccc(F)cc1. The maximum Gasteiger partial charge on any atom is 0.261 e. The average Bonchev–Trinajstić information content (AvgIpc) is 2.70. The zero-order valence-electron chi connectivity index (χ0n) is 15.3. The Labute approximate surface area is 165 Å². The molecule has 4 aromatic rings. The molecule has 4 rings (SSSR count). The van der Waals surface area contributed by atoms with Crippen molar-refractivity contribution in [1.82, 2.24) is 9.55 Å². The van der Waals surface area contributed by atoms with Gasteiger partial charge in [-0.05, 0) is 54.1 Å². The number of rotatable bonds is 4. The fraction of sp³-hybridized carbons (Fsp3) is 0.136. The number of hydrogen-bond acceptors (Lipinski definition) is 4. The second-order valence-electron chi connectivity index (χ2n) is 6.61. The summed E-state index contributed by atoms with van der Waals surface area (Å²) in [6.45, 7) is 1.76. The van der Waals surface area contributed by atoms with Gasteiger partial charge >= 0.3 is 0 Å². The number of ketones is 1. The first-order chi connectivity index (χ1) is 13.4. The van der Waals surface area contributed by atoms with Gasteiger partial charge in [-0.3, -0.25) is 14.2 Å². The van der Waals surface area contributed by atoms with Gasteiger partial charge in [-0.15, -0.1) is 0 Å². The molecular formula is C22H17FN2O2S. The van der Waals surface area contributed by atoms with Crippen LogP contribution in [-0.4, -0.2) is 20.6 Å². The van der Waals surface area contributed by atoms with Crippen LogP contribution in [0.2, 0.25) is 0 Å². The second kappa shape index (κ2) is 7.20. The van der Waals surface area contributed by atoms with Crippen LogP contribution in [0, 0.1) is 5.82 Å². The number of aromatic nitrogens is 2. The van der Waals surface area contributed by atoms with Crippen LogP contribution in [0.1, 0.15) is 17.3 Å². The van der Waals surface area contributed by atoms with Gasteiger partial charge in [0.15, 0.2) is 10.9 Å². The molecule has 1 aromatic heterocycles. The van der Waals surface area contributed by atoms with Crippen molar-refractivity contribution < 1.29 is 9.18 Å². The Morgan fingerprint density at radius 1 is 1.07 bits per heavy atom. The third kappa shape index (κ3) is 3.31. The van der Waals surface area contributed by atoms with Crippen molar-refractivity contribution in [2.75, 3.05) is 0 Å². The van der Waals surface area contributed by atoms with E-state index in [1.807, 2.05) is 36.4 Å². The molecule has 6 heteroatoms. The normalized spacial score (nSPS) is 12.4. The van der Waals surface area contributed by atoms with Crippen molar-refractivity contribution in [3.63, 3.8) is 0 Å². The molecule has 0 aliphatic carbocycles. The van der Waals surface area contributed by atoms with Gasteiger partial charge in [0.2, 0.25) is 0 Å². The molecule has 0 unspecified atom stereocenters. The number of carbonyl (C=O) groups excluding carboxylic acids is 1. The van der Waals surface area contributed by atoms with Crippen molar-refractivity contribution in [3.05, 3.63) is 82.4 Å². The Morgan fingerprint density at radius 3 is 2.39 bits per heavy atom. The summed E-state index contributed by atoms with van der Waals surface area (Å²) in [7, 11) is 1.65. The number of thioether (sulfide) groups is 1. The van der Waals surface area contributed by atoms with Gasteiger partial charge in [-0.1, -0.05) is 36.0 Å². The highest BCUT2D eigenvalue weighted by Crippen LogP contribution is 2.26. The average molecular weight is 392 g/mol. The zero-order valence-corrected chi connectivity index (χ0v) is 16.2. The first-order valence-electron chi connectivity index (χ1n) is 8.80. The summed E-state index contributed by atoms with van der Waals surface area (Å²) in [5.41, 5.74) is 0.878. The van der Waals surface area contributed by atoms with Crippen LogP contribution in [0.5, 0.6) is 0 Å². The Bertz CT molecular complexity index is 1270. The number of halogens is 1. The van der Waals surface area contributed by atoms with E-state index in [0.29, 0.717) is 21.6 Å². The molecule has 0 N–H and O–H groups in total. The maximum absolute atomic E-state index is 13.1. The lowest BCUT2D eigenvalue weighted by molar-refractivity contribution is 0.0994. The molecule has 0 fully saturated rings. The van der Waals surface area contributed by atoms with Gasteiger partial charge < -0.3 is 0 Å². The Hall–Kier alpha value is -2.99. The van der Waals surface area contributed by atoms with E-state index in [1.54, 1.807) is 14.0 Å². The second-order valence-corrected chi connectivity index (χ2v) is 7.91. The molecule has 0 radical (unpaired) electrons. The van der Waals surface area contributed by atoms with Gasteiger partial charge in [0.25, 0.3) is 5.56 Å². The van der Waals surface area contributed by atoms with Crippen molar-refractivity contribution in [2.45, 2.75) is 17.3 Å². The molecule has 0 saturated carbocycles. The molecule has 0 saturated heterocycles. The zero-order chi connectivity index (χ0) is 19.8. The third-order valence-electron chi connectivity index (χ3n) is 4.68. The van der Waals surface area contributed by atoms with E-state index in [2.05, 4.69) is 4.98 Å². The van der Waals surface area contributed by atoms with Gasteiger partial charge in [-0.25, -0.2) is 9.37 Å². The summed E-state index contributed by atoms with van der Waals surface area (Å²) in [4.78, 5) is 30.1. The topological polar surface area (TPSA) is 52.0 Å². The number of fused-ring (bicyclic) bond motifs is 2. The molecule has 1 atom stereocenters. The molecule has 3 aromatic carbocycles. The smallest absolute Gasteiger partial charge is 0.261 e. The standard InChI is InChI=1S/C22H17FN2O2S/c1-13(20(26)14-7-9-17(23)10-8-14)28-22-24-19-12-16-6-4-3-5-15(16)11-18(19)21(27)25(22)2/h3-13H,1-2H3/t13-/m1/s1. The molecular weight excluding hydrogens is 375 g/mol. The Morgan fingerprint density at radius 2 is 1.71 bits per heavy atom. The van der Waals surface area contributed by atoms with Gasteiger partial charge in [0.05, 0.1) is 16.2 Å². The molecule has 0 aliphatic rings. The number of benzene rings is 3. The number of Topliss-reactive ketones (excluding diaryl/α,β-unsaturated/α-hetero) is 1. The van der Waals surface area contributed by atoms with E-state index in [0.717, 1.165) is 10.8 Å². The van der Waals surface area contributed by atoms with E-state index < -0.39 is 5.25 Å². The van der Waals surface area contributed by atoms with E-state index in [4.69, 9.17) is 0 Å². The molecule has 0 bridgehead atoms. The van der Waals surface area contributed by atoms with E-state index in [1.165, 1.54) is 40.6 Å². The van der Waals surface area contributed by atoms with Gasteiger partial charge in [0, 0.05) is 12.6 Å². The van der Waals surface area contributed by atoms with Crippen molar-refractivity contribution >= 4 is 39.2 Å². The highest BCUT2D eigenvalue weighted by molar-refractivity contribution is 8.00. The summed E-state index contributed by atoms with van der Waals surface area (Å²) in [5.74, 6) is -0.527. The third-order valence-corrected chi connectivity index (χ3v) is 5.83. The molecule has 4 nitrogen and oxygen atoms in total. The van der Waals surface area contributed by atoms with Crippen LogP contribution in [0.25, 0.3) is 21.7 Å². The maximum atomic E-state index is 13.1. The summed E-state index contributed by atoms with van der Waals surface area (Å²) in [6.07, 6.45) is 0. The summed E-state index contributed by atoms with van der Waals surface area (Å²) in [6, 6.07) is 17.0. The van der Waals surface area contributed by atoms with E-state index in [-0.39, 0.29) is 17.2 Å². The highest BCUT2D eigenvalue weighted by Gasteiger charge is 2.20. The first kappa shape index (κ1) is 18.4. The molecule has 28 heavy (non-hydrogen) atoms. The first-order valence-corrected chi connectivity index (χ1v) is 9.68. The van der Waals surface area contributed by atoms with Gasteiger partial charge in [-0.2, -0.15) is 0 Å². The van der Waals surface area contributed by atoms with Crippen LogP contribution >= 0.6 is 11.8 Å². The lowest BCUT2D eigenvalue weighted by Gasteiger charge is -2.13. The Balaban J connectivity index is 1.72. The van der Waals surface area contributed by atoms with Crippen molar-refractivity contribution in [2.24, 2.45) is 7.05 Å². The number of carbonyl (C=O) groups is 1. The molecule has 0 spiro atoms. The number of nitrogens with zero attached hydrogens (tertiary/aromatic N) is 2. The number of hydrogen-bond donors (Lipinski definition) is 0.